The van der Waals surface area contributed by atoms with E-state index in [0.717, 1.165) is 25.3 Å². The lowest BCUT2D eigenvalue weighted by atomic mass is 9.88. The summed E-state index contributed by atoms with van der Waals surface area (Å²) >= 11 is 2.07. The number of benzene rings is 1. The molecule has 21 heavy (non-hydrogen) atoms. The van der Waals surface area contributed by atoms with Gasteiger partial charge in [-0.3, -0.25) is 0 Å². The molecule has 0 aromatic heterocycles. The van der Waals surface area contributed by atoms with Crippen molar-refractivity contribution in [1.82, 2.24) is 5.32 Å². The Morgan fingerprint density at radius 1 is 1.33 bits per heavy atom. The van der Waals surface area contributed by atoms with Crippen LogP contribution in [0.3, 0.4) is 0 Å². The van der Waals surface area contributed by atoms with Crippen LogP contribution in [-0.2, 0) is 0 Å². The minimum atomic E-state index is 0.605. The van der Waals surface area contributed by atoms with E-state index in [4.69, 9.17) is 4.74 Å². The third-order valence-electron chi connectivity index (χ3n) is 3.97. The fraction of sp³-hybridized carbons (Fsp3) is 0.667. The highest BCUT2D eigenvalue weighted by Crippen LogP contribution is 2.36. The van der Waals surface area contributed by atoms with E-state index < -0.39 is 0 Å². The summed E-state index contributed by atoms with van der Waals surface area (Å²) in [6.07, 6.45) is 3.57. The number of thioether (sulfide) groups is 1. The van der Waals surface area contributed by atoms with Crippen molar-refractivity contribution < 1.29 is 4.74 Å². The third-order valence-corrected chi connectivity index (χ3v) is 5.23. The standard InChI is InChI=1S/C18H29NOS/c1-4-10-19-16(13-21-14(2)3)12-15-9-11-20-18-8-6-5-7-17(15)18/h5-8,14-16,19H,4,9-13H2,1-3H3. The van der Waals surface area contributed by atoms with Gasteiger partial charge in [0, 0.05) is 11.8 Å². The molecule has 1 aliphatic rings. The Morgan fingerprint density at radius 3 is 2.90 bits per heavy atom. The summed E-state index contributed by atoms with van der Waals surface area (Å²) in [5, 5.41) is 4.45. The quantitative estimate of drug-likeness (QED) is 0.766. The minimum absolute atomic E-state index is 0.605. The molecule has 2 rings (SSSR count). The molecule has 2 unspecified atom stereocenters. The molecule has 1 aromatic rings. The van der Waals surface area contributed by atoms with Crippen LogP contribution in [-0.4, -0.2) is 30.2 Å². The lowest BCUT2D eigenvalue weighted by Crippen LogP contribution is -2.34. The summed E-state index contributed by atoms with van der Waals surface area (Å²) in [5.74, 6) is 2.94. The predicted molar refractivity (Wildman–Crippen MR) is 93.6 cm³/mol. The summed E-state index contributed by atoms with van der Waals surface area (Å²) in [6.45, 7) is 8.79. The van der Waals surface area contributed by atoms with Gasteiger partial charge in [-0.05, 0) is 48.6 Å². The maximum Gasteiger partial charge on any atom is 0.122 e. The normalized spacial score (nSPS) is 19.1. The lowest BCUT2D eigenvalue weighted by molar-refractivity contribution is 0.257. The van der Waals surface area contributed by atoms with Crippen LogP contribution in [0.2, 0.25) is 0 Å². The van der Waals surface area contributed by atoms with Crippen LogP contribution in [0.25, 0.3) is 0 Å². The Morgan fingerprint density at radius 2 is 2.14 bits per heavy atom. The van der Waals surface area contributed by atoms with Gasteiger partial charge in [0.15, 0.2) is 0 Å². The second-order valence-corrected chi connectivity index (χ2v) is 7.75. The van der Waals surface area contributed by atoms with Crippen molar-refractivity contribution in [3.63, 3.8) is 0 Å². The second kappa shape index (κ2) is 8.70. The van der Waals surface area contributed by atoms with Crippen LogP contribution in [0.5, 0.6) is 5.75 Å². The Kier molecular flexibility index (Phi) is 6.91. The maximum atomic E-state index is 5.79. The van der Waals surface area contributed by atoms with Gasteiger partial charge in [0.1, 0.15) is 5.75 Å². The van der Waals surface area contributed by atoms with Gasteiger partial charge in [-0.25, -0.2) is 0 Å². The molecule has 0 aliphatic carbocycles. The SMILES string of the molecule is CCCNC(CSC(C)C)CC1CCOc2ccccc21. The molecule has 0 bridgehead atoms. The molecule has 0 saturated heterocycles. The van der Waals surface area contributed by atoms with Crippen LogP contribution in [0.15, 0.2) is 24.3 Å². The first-order valence-electron chi connectivity index (χ1n) is 8.27. The number of nitrogens with one attached hydrogen (secondary N) is 1. The summed E-state index contributed by atoms with van der Waals surface area (Å²) in [5.41, 5.74) is 1.40. The Balaban J connectivity index is 1.99. The predicted octanol–water partition coefficient (Wildman–Crippen LogP) is 4.45. The molecule has 118 valence electrons. The zero-order valence-electron chi connectivity index (χ0n) is 13.6. The number of hydrogen-bond donors (Lipinski definition) is 1. The second-order valence-electron chi connectivity index (χ2n) is 6.14. The van der Waals surface area contributed by atoms with Crippen molar-refractivity contribution in [2.24, 2.45) is 0 Å². The van der Waals surface area contributed by atoms with Crippen LogP contribution >= 0.6 is 11.8 Å². The number of hydrogen-bond acceptors (Lipinski definition) is 3. The molecule has 3 heteroatoms. The fourth-order valence-electron chi connectivity index (χ4n) is 2.87. The maximum absolute atomic E-state index is 5.79. The molecule has 1 N–H and O–H groups in total. The van der Waals surface area contributed by atoms with Gasteiger partial charge in [0.25, 0.3) is 0 Å². The van der Waals surface area contributed by atoms with E-state index >= 15 is 0 Å². The number of para-hydroxylation sites is 1. The monoisotopic (exact) mass is 307 g/mol. The average molecular weight is 308 g/mol. The average Bonchev–Trinajstić information content (AvgIpc) is 2.50. The topological polar surface area (TPSA) is 21.3 Å². The smallest absolute Gasteiger partial charge is 0.122 e. The largest absolute Gasteiger partial charge is 0.493 e. The number of rotatable bonds is 8. The van der Waals surface area contributed by atoms with E-state index in [-0.39, 0.29) is 0 Å². The van der Waals surface area contributed by atoms with Gasteiger partial charge >= 0.3 is 0 Å². The summed E-state index contributed by atoms with van der Waals surface area (Å²) in [6, 6.07) is 9.17. The van der Waals surface area contributed by atoms with E-state index in [1.54, 1.807) is 0 Å². The molecule has 0 saturated carbocycles. The zero-order chi connectivity index (χ0) is 15.1. The van der Waals surface area contributed by atoms with Gasteiger partial charge in [0.2, 0.25) is 0 Å². The molecule has 0 spiro atoms. The van der Waals surface area contributed by atoms with E-state index in [9.17, 15) is 0 Å². The number of ether oxygens (including phenoxy) is 1. The Bertz CT molecular complexity index is 421. The summed E-state index contributed by atoms with van der Waals surface area (Å²) in [4.78, 5) is 0. The molecule has 1 aliphatic heterocycles. The Hall–Kier alpha value is -0.670. The minimum Gasteiger partial charge on any atom is -0.493 e. The first-order valence-corrected chi connectivity index (χ1v) is 9.32. The first kappa shape index (κ1) is 16.7. The van der Waals surface area contributed by atoms with Crippen molar-refractivity contribution in [3.05, 3.63) is 29.8 Å². The molecule has 0 amide bonds. The van der Waals surface area contributed by atoms with Crippen molar-refractivity contribution in [2.45, 2.75) is 57.2 Å². The van der Waals surface area contributed by atoms with Crippen molar-refractivity contribution >= 4 is 11.8 Å². The molecule has 2 atom stereocenters. The van der Waals surface area contributed by atoms with E-state index in [1.165, 1.54) is 24.2 Å². The first-order chi connectivity index (χ1) is 10.2. The van der Waals surface area contributed by atoms with E-state index in [1.807, 2.05) is 0 Å². The fourth-order valence-corrected chi connectivity index (χ4v) is 3.74. The zero-order valence-corrected chi connectivity index (χ0v) is 14.4. The molecule has 1 aromatic carbocycles. The van der Waals surface area contributed by atoms with Gasteiger partial charge in [-0.1, -0.05) is 39.0 Å². The van der Waals surface area contributed by atoms with Gasteiger partial charge < -0.3 is 10.1 Å². The number of fused-ring (bicyclic) bond motifs is 1. The van der Waals surface area contributed by atoms with Crippen molar-refractivity contribution in [2.75, 3.05) is 18.9 Å². The summed E-state index contributed by atoms with van der Waals surface area (Å²) < 4.78 is 5.79. The van der Waals surface area contributed by atoms with E-state index in [2.05, 4.69) is 62.1 Å². The highest BCUT2D eigenvalue weighted by atomic mass is 32.2. The molecule has 1 heterocycles. The van der Waals surface area contributed by atoms with E-state index in [0.29, 0.717) is 17.2 Å². The van der Waals surface area contributed by atoms with Crippen LogP contribution in [0, 0.1) is 0 Å². The molecule has 2 nitrogen and oxygen atoms in total. The molecule has 0 radical (unpaired) electrons. The van der Waals surface area contributed by atoms with Crippen LogP contribution in [0.4, 0.5) is 0 Å². The van der Waals surface area contributed by atoms with Crippen molar-refractivity contribution in [3.8, 4) is 5.75 Å². The molecular formula is C18H29NOS. The van der Waals surface area contributed by atoms with Gasteiger partial charge in [-0.15, -0.1) is 0 Å². The highest BCUT2D eigenvalue weighted by Gasteiger charge is 2.24. The lowest BCUT2D eigenvalue weighted by Gasteiger charge is -2.29. The van der Waals surface area contributed by atoms with Gasteiger partial charge in [0.05, 0.1) is 6.61 Å². The summed E-state index contributed by atoms with van der Waals surface area (Å²) in [7, 11) is 0. The Labute approximate surface area is 134 Å². The van der Waals surface area contributed by atoms with Crippen LogP contribution in [0.1, 0.15) is 51.5 Å². The van der Waals surface area contributed by atoms with Crippen molar-refractivity contribution in [1.29, 1.82) is 0 Å². The molecular weight excluding hydrogens is 278 g/mol. The van der Waals surface area contributed by atoms with Gasteiger partial charge in [-0.2, -0.15) is 11.8 Å². The highest BCUT2D eigenvalue weighted by molar-refractivity contribution is 7.99. The van der Waals surface area contributed by atoms with Crippen LogP contribution < -0.4 is 10.1 Å². The third kappa shape index (κ3) is 5.23. The molecule has 0 fully saturated rings.